The molecule has 3 aromatic rings. The molecule has 1 amide bonds. The normalized spacial score (nSPS) is 17.0. The number of rotatable bonds is 2. The first-order valence-electron chi connectivity index (χ1n) is 8.14. The molecule has 1 aliphatic rings. The van der Waals surface area contributed by atoms with Gasteiger partial charge in [-0.2, -0.15) is 0 Å². The summed E-state index contributed by atoms with van der Waals surface area (Å²) >= 11 is 0. The van der Waals surface area contributed by atoms with Gasteiger partial charge in [0.25, 0.3) is 5.91 Å². The predicted molar refractivity (Wildman–Crippen MR) is 90.5 cm³/mol. The third-order valence-electron chi connectivity index (χ3n) is 4.43. The summed E-state index contributed by atoms with van der Waals surface area (Å²) in [6.45, 7) is 0.912. The summed E-state index contributed by atoms with van der Waals surface area (Å²) in [5, 5.41) is 14.2. The van der Waals surface area contributed by atoms with Crippen molar-refractivity contribution in [3.8, 4) is 11.3 Å². The van der Waals surface area contributed by atoms with Gasteiger partial charge in [0.05, 0.1) is 6.10 Å². The van der Waals surface area contributed by atoms with Crippen molar-refractivity contribution in [1.29, 1.82) is 0 Å². The Bertz CT molecular complexity index is 892. The SMILES string of the molecule is O=C(c1cc(-c2ccncc2)on1)N1CCC(O)c2ccccc2C1. The highest BCUT2D eigenvalue weighted by Crippen LogP contribution is 2.27. The van der Waals surface area contributed by atoms with E-state index in [2.05, 4.69) is 10.1 Å². The maximum Gasteiger partial charge on any atom is 0.276 e. The number of nitrogens with zero attached hydrogens (tertiary/aromatic N) is 3. The highest BCUT2D eigenvalue weighted by Gasteiger charge is 2.26. The average Bonchev–Trinajstić information content (AvgIpc) is 3.09. The summed E-state index contributed by atoms with van der Waals surface area (Å²) in [4.78, 5) is 18.5. The molecular formula is C19H17N3O3. The molecule has 0 spiro atoms. The number of amides is 1. The zero-order valence-electron chi connectivity index (χ0n) is 13.5. The molecule has 0 saturated carbocycles. The van der Waals surface area contributed by atoms with Gasteiger partial charge in [-0.15, -0.1) is 0 Å². The standard InChI is InChI=1S/C19H17N3O3/c23-17-7-10-22(12-14-3-1-2-4-15(14)17)19(24)16-11-18(25-21-16)13-5-8-20-9-6-13/h1-6,8-9,11,17,23H,7,10,12H2. The van der Waals surface area contributed by atoms with E-state index < -0.39 is 6.10 Å². The van der Waals surface area contributed by atoms with Crippen molar-refractivity contribution in [2.45, 2.75) is 19.1 Å². The van der Waals surface area contributed by atoms with Crippen LogP contribution in [0.5, 0.6) is 0 Å². The molecule has 1 aliphatic heterocycles. The number of aliphatic hydroxyl groups is 1. The van der Waals surface area contributed by atoms with Crippen LogP contribution in [0, 0.1) is 0 Å². The Kier molecular flexibility index (Phi) is 4.03. The Labute approximate surface area is 144 Å². The molecule has 25 heavy (non-hydrogen) atoms. The van der Waals surface area contributed by atoms with Crippen LogP contribution < -0.4 is 0 Å². The van der Waals surface area contributed by atoms with Gasteiger partial charge < -0.3 is 14.5 Å². The lowest BCUT2D eigenvalue weighted by atomic mass is 10.0. The zero-order chi connectivity index (χ0) is 17.2. The fourth-order valence-electron chi connectivity index (χ4n) is 3.09. The maximum atomic E-state index is 12.8. The Hall–Kier alpha value is -2.99. The van der Waals surface area contributed by atoms with E-state index in [1.54, 1.807) is 35.5 Å². The van der Waals surface area contributed by atoms with Gasteiger partial charge in [0.1, 0.15) is 0 Å². The number of carbonyl (C=O) groups excluding carboxylic acids is 1. The monoisotopic (exact) mass is 335 g/mol. The minimum Gasteiger partial charge on any atom is -0.388 e. The fraction of sp³-hybridized carbons (Fsp3) is 0.211. The molecule has 0 radical (unpaired) electrons. The molecule has 3 heterocycles. The number of aliphatic hydroxyl groups excluding tert-OH is 1. The lowest BCUT2D eigenvalue weighted by molar-refractivity contribution is 0.0712. The Morgan fingerprint density at radius 2 is 2.00 bits per heavy atom. The van der Waals surface area contributed by atoms with Crippen LogP contribution in [0.3, 0.4) is 0 Å². The second kappa shape index (κ2) is 6.49. The van der Waals surface area contributed by atoms with Gasteiger partial charge in [-0.3, -0.25) is 9.78 Å². The van der Waals surface area contributed by atoms with Crippen molar-refractivity contribution >= 4 is 5.91 Å². The summed E-state index contributed by atoms with van der Waals surface area (Å²) in [6, 6.07) is 12.9. The van der Waals surface area contributed by atoms with Crippen LogP contribution in [0.4, 0.5) is 0 Å². The first-order chi connectivity index (χ1) is 12.2. The lowest BCUT2D eigenvalue weighted by Gasteiger charge is -2.19. The number of aromatic nitrogens is 2. The molecule has 126 valence electrons. The number of hydrogen-bond acceptors (Lipinski definition) is 5. The molecule has 1 N–H and O–H groups in total. The number of hydrogen-bond donors (Lipinski definition) is 1. The number of fused-ring (bicyclic) bond motifs is 1. The summed E-state index contributed by atoms with van der Waals surface area (Å²) in [6.07, 6.45) is 3.26. The second-order valence-electron chi connectivity index (χ2n) is 6.04. The van der Waals surface area contributed by atoms with Crippen LogP contribution in [0.25, 0.3) is 11.3 Å². The third-order valence-corrected chi connectivity index (χ3v) is 4.43. The van der Waals surface area contributed by atoms with Crippen molar-refractivity contribution in [3.05, 3.63) is 71.7 Å². The quantitative estimate of drug-likeness (QED) is 0.779. The highest BCUT2D eigenvalue weighted by atomic mass is 16.5. The molecular weight excluding hydrogens is 318 g/mol. The van der Waals surface area contributed by atoms with Crippen molar-refractivity contribution in [3.63, 3.8) is 0 Å². The van der Waals surface area contributed by atoms with E-state index in [0.717, 1.165) is 16.7 Å². The molecule has 6 nitrogen and oxygen atoms in total. The molecule has 0 fully saturated rings. The van der Waals surface area contributed by atoms with Crippen LogP contribution in [0.2, 0.25) is 0 Å². The van der Waals surface area contributed by atoms with Crippen LogP contribution in [-0.2, 0) is 6.54 Å². The van der Waals surface area contributed by atoms with Crippen LogP contribution >= 0.6 is 0 Å². The molecule has 6 heteroatoms. The highest BCUT2D eigenvalue weighted by molar-refractivity contribution is 5.93. The molecule has 1 aromatic carbocycles. The molecule has 2 aromatic heterocycles. The molecule has 1 atom stereocenters. The van der Waals surface area contributed by atoms with Gasteiger partial charge in [0.2, 0.25) is 0 Å². The van der Waals surface area contributed by atoms with Crippen LogP contribution in [0.15, 0.2) is 59.4 Å². The lowest BCUT2D eigenvalue weighted by Crippen LogP contribution is -2.31. The van der Waals surface area contributed by atoms with E-state index in [1.165, 1.54) is 0 Å². The van der Waals surface area contributed by atoms with Crippen molar-refractivity contribution in [2.75, 3.05) is 6.54 Å². The van der Waals surface area contributed by atoms with Gasteiger partial charge in [-0.1, -0.05) is 29.4 Å². The zero-order valence-corrected chi connectivity index (χ0v) is 13.5. The van der Waals surface area contributed by atoms with Gasteiger partial charge in [0.15, 0.2) is 11.5 Å². The van der Waals surface area contributed by atoms with E-state index in [9.17, 15) is 9.90 Å². The molecule has 1 unspecified atom stereocenters. The molecule has 0 aliphatic carbocycles. The van der Waals surface area contributed by atoms with Crippen LogP contribution in [-0.4, -0.2) is 32.6 Å². The van der Waals surface area contributed by atoms with E-state index >= 15 is 0 Å². The second-order valence-corrected chi connectivity index (χ2v) is 6.04. The fourth-order valence-corrected chi connectivity index (χ4v) is 3.09. The van der Waals surface area contributed by atoms with Gasteiger partial charge in [-0.25, -0.2) is 0 Å². The van der Waals surface area contributed by atoms with Crippen molar-refractivity contribution in [1.82, 2.24) is 15.0 Å². The number of carbonyl (C=O) groups is 1. The van der Waals surface area contributed by atoms with E-state index in [-0.39, 0.29) is 11.6 Å². The largest absolute Gasteiger partial charge is 0.388 e. The van der Waals surface area contributed by atoms with Crippen molar-refractivity contribution in [2.24, 2.45) is 0 Å². The van der Waals surface area contributed by atoms with Gasteiger partial charge in [-0.05, 0) is 29.7 Å². The Morgan fingerprint density at radius 1 is 1.20 bits per heavy atom. The predicted octanol–water partition coefficient (Wildman–Crippen LogP) is 2.82. The maximum absolute atomic E-state index is 12.8. The van der Waals surface area contributed by atoms with Crippen molar-refractivity contribution < 1.29 is 14.4 Å². The molecule has 0 saturated heterocycles. The first kappa shape index (κ1) is 15.5. The van der Waals surface area contributed by atoms with E-state index in [0.29, 0.717) is 25.3 Å². The summed E-state index contributed by atoms with van der Waals surface area (Å²) < 4.78 is 5.31. The molecule has 0 bridgehead atoms. The molecule has 4 rings (SSSR count). The minimum absolute atomic E-state index is 0.201. The Balaban J connectivity index is 1.58. The van der Waals surface area contributed by atoms with Gasteiger partial charge >= 0.3 is 0 Å². The minimum atomic E-state index is -0.557. The Morgan fingerprint density at radius 3 is 2.84 bits per heavy atom. The number of pyridine rings is 1. The summed E-state index contributed by atoms with van der Waals surface area (Å²) in [5.41, 5.74) is 2.92. The topological polar surface area (TPSA) is 79.5 Å². The van der Waals surface area contributed by atoms with E-state index in [1.807, 2.05) is 24.3 Å². The smallest absolute Gasteiger partial charge is 0.276 e. The van der Waals surface area contributed by atoms with Crippen LogP contribution in [0.1, 0.15) is 34.1 Å². The third kappa shape index (κ3) is 3.04. The summed E-state index contributed by atoms with van der Waals surface area (Å²) in [7, 11) is 0. The van der Waals surface area contributed by atoms with Gasteiger partial charge in [0, 0.05) is 37.1 Å². The summed E-state index contributed by atoms with van der Waals surface area (Å²) in [5.74, 6) is 0.328. The van der Waals surface area contributed by atoms with E-state index in [4.69, 9.17) is 4.52 Å². The number of benzene rings is 1. The first-order valence-corrected chi connectivity index (χ1v) is 8.14. The average molecular weight is 335 g/mol.